The van der Waals surface area contributed by atoms with Crippen LogP contribution >= 0.6 is 0 Å². The Morgan fingerprint density at radius 3 is 2.52 bits per heavy atom. The van der Waals surface area contributed by atoms with Crippen molar-refractivity contribution in [1.82, 2.24) is 9.62 Å². The average molecular weight is 310 g/mol. The molecule has 0 amide bonds. The molecule has 2 rings (SSSR count). The molecule has 0 aliphatic carbocycles. The van der Waals surface area contributed by atoms with Gasteiger partial charge in [-0.15, -0.1) is 0 Å². The molecule has 4 nitrogen and oxygen atoms in total. The fourth-order valence-corrected chi connectivity index (χ4v) is 4.56. The lowest BCUT2D eigenvalue weighted by Gasteiger charge is -2.20. The van der Waals surface area contributed by atoms with Crippen LogP contribution in [0.5, 0.6) is 0 Å². The Morgan fingerprint density at radius 2 is 2.00 bits per heavy atom. The van der Waals surface area contributed by atoms with E-state index < -0.39 is 10.0 Å². The molecule has 0 bridgehead atoms. The van der Waals surface area contributed by atoms with Crippen molar-refractivity contribution in [2.24, 2.45) is 5.41 Å². The third-order valence-electron chi connectivity index (χ3n) is 4.21. The van der Waals surface area contributed by atoms with Crippen molar-refractivity contribution >= 4 is 10.0 Å². The number of nitrogens with one attached hydrogen (secondary N) is 1. The van der Waals surface area contributed by atoms with Crippen molar-refractivity contribution in [2.75, 3.05) is 20.1 Å². The molecule has 1 aromatic carbocycles. The highest BCUT2D eigenvalue weighted by Gasteiger charge is 2.36. The van der Waals surface area contributed by atoms with Gasteiger partial charge in [0.05, 0.1) is 4.90 Å². The van der Waals surface area contributed by atoms with Gasteiger partial charge in [-0.2, -0.15) is 4.31 Å². The molecule has 0 spiro atoms. The maximum atomic E-state index is 12.8. The molecule has 1 aromatic rings. The van der Waals surface area contributed by atoms with Gasteiger partial charge >= 0.3 is 0 Å². The predicted octanol–water partition coefficient (Wildman–Crippen LogP) is 2.39. The van der Waals surface area contributed by atoms with Gasteiger partial charge in [-0.25, -0.2) is 8.42 Å². The van der Waals surface area contributed by atoms with Crippen molar-refractivity contribution in [2.45, 2.75) is 45.1 Å². The first-order valence-electron chi connectivity index (χ1n) is 7.57. The van der Waals surface area contributed by atoms with Crippen molar-refractivity contribution in [3.8, 4) is 0 Å². The summed E-state index contributed by atoms with van der Waals surface area (Å²) in [5.41, 5.74) is 2.34. The number of sulfonamides is 1. The standard InChI is InChI=1S/C16H26N2O2S/c1-5-13-6-7-15(10-14(13)11-17-4)21(19,20)18-9-8-16(2,3)12-18/h6-7,10,17H,5,8-9,11-12H2,1-4H3. The van der Waals surface area contributed by atoms with Crippen LogP contribution in [-0.2, 0) is 23.0 Å². The van der Waals surface area contributed by atoms with Crippen molar-refractivity contribution in [3.05, 3.63) is 29.3 Å². The van der Waals surface area contributed by atoms with Crippen LogP contribution in [0.25, 0.3) is 0 Å². The van der Waals surface area contributed by atoms with E-state index in [1.165, 1.54) is 5.56 Å². The summed E-state index contributed by atoms with van der Waals surface area (Å²) >= 11 is 0. The SMILES string of the molecule is CCc1ccc(S(=O)(=O)N2CCC(C)(C)C2)cc1CNC. The third-order valence-corrected chi connectivity index (χ3v) is 6.05. The first kappa shape index (κ1) is 16.5. The highest BCUT2D eigenvalue weighted by atomic mass is 32.2. The minimum absolute atomic E-state index is 0.0736. The number of hydrogen-bond donors (Lipinski definition) is 1. The van der Waals surface area contributed by atoms with Crippen molar-refractivity contribution in [1.29, 1.82) is 0 Å². The molecular weight excluding hydrogens is 284 g/mol. The van der Waals surface area contributed by atoms with Gasteiger partial charge in [0.15, 0.2) is 0 Å². The maximum Gasteiger partial charge on any atom is 0.243 e. The molecule has 0 aromatic heterocycles. The highest BCUT2D eigenvalue weighted by Crippen LogP contribution is 2.33. The Labute approximate surface area is 128 Å². The molecule has 0 unspecified atom stereocenters. The molecule has 21 heavy (non-hydrogen) atoms. The summed E-state index contributed by atoms with van der Waals surface area (Å²) in [6, 6.07) is 5.52. The fraction of sp³-hybridized carbons (Fsp3) is 0.625. The van der Waals surface area contributed by atoms with Crippen molar-refractivity contribution in [3.63, 3.8) is 0 Å². The largest absolute Gasteiger partial charge is 0.316 e. The van der Waals surface area contributed by atoms with E-state index >= 15 is 0 Å². The van der Waals surface area contributed by atoms with Gasteiger partial charge in [0.1, 0.15) is 0 Å². The van der Waals surface area contributed by atoms with Crippen LogP contribution < -0.4 is 5.32 Å². The summed E-state index contributed by atoms with van der Waals surface area (Å²) in [5.74, 6) is 0. The molecule has 1 aliphatic rings. The molecule has 1 heterocycles. The Balaban J connectivity index is 2.34. The topological polar surface area (TPSA) is 49.4 Å². The molecule has 5 heteroatoms. The Kier molecular flexibility index (Phi) is 4.76. The Hall–Kier alpha value is -0.910. The minimum Gasteiger partial charge on any atom is -0.316 e. The monoisotopic (exact) mass is 310 g/mol. The average Bonchev–Trinajstić information content (AvgIpc) is 2.80. The van der Waals surface area contributed by atoms with E-state index in [1.54, 1.807) is 10.4 Å². The second kappa shape index (κ2) is 6.07. The molecule has 0 radical (unpaired) electrons. The zero-order valence-corrected chi connectivity index (χ0v) is 14.3. The summed E-state index contributed by atoms with van der Waals surface area (Å²) in [5, 5.41) is 3.11. The van der Waals surface area contributed by atoms with Gasteiger partial charge in [-0.3, -0.25) is 0 Å². The lowest BCUT2D eigenvalue weighted by molar-refractivity contribution is 0.375. The summed E-state index contributed by atoms with van der Waals surface area (Å²) in [4.78, 5) is 0.419. The third kappa shape index (κ3) is 3.47. The van der Waals surface area contributed by atoms with Crippen LogP contribution in [0.1, 0.15) is 38.3 Å². The molecule has 1 saturated heterocycles. The predicted molar refractivity (Wildman–Crippen MR) is 85.7 cm³/mol. The number of hydrogen-bond acceptors (Lipinski definition) is 3. The number of rotatable bonds is 5. The summed E-state index contributed by atoms with van der Waals surface area (Å²) in [6.45, 7) is 8.24. The Bertz CT molecular complexity index is 609. The summed E-state index contributed by atoms with van der Waals surface area (Å²) in [7, 11) is -1.49. The van der Waals surface area contributed by atoms with Crippen LogP contribution in [0.3, 0.4) is 0 Å². The van der Waals surface area contributed by atoms with Gasteiger partial charge in [0.2, 0.25) is 10.0 Å². The molecule has 1 N–H and O–H groups in total. The second-order valence-corrected chi connectivity index (χ2v) is 8.51. The minimum atomic E-state index is -3.37. The fourth-order valence-electron chi connectivity index (χ4n) is 2.88. The van der Waals surface area contributed by atoms with Crippen LogP contribution in [0, 0.1) is 5.41 Å². The molecule has 0 saturated carbocycles. The van der Waals surface area contributed by atoms with E-state index in [1.807, 2.05) is 19.2 Å². The number of benzene rings is 1. The van der Waals surface area contributed by atoms with Crippen LogP contribution in [0.4, 0.5) is 0 Å². The smallest absolute Gasteiger partial charge is 0.243 e. The molecule has 1 fully saturated rings. The summed E-state index contributed by atoms with van der Waals surface area (Å²) in [6.07, 6.45) is 1.83. The van der Waals surface area contributed by atoms with E-state index in [2.05, 4.69) is 26.1 Å². The van der Waals surface area contributed by atoms with E-state index in [-0.39, 0.29) is 5.41 Å². The molecule has 1 aliphatic heterocycles. The van der Waals surface area contributed by atoms with Crippen LogP contribution in [0.2, 0.25) is 0 Å². The van der Waals surface area contributed by atoms with E-state index in [0.717, 1.165) is 18.4 Å². The normalized spacial score (nSPS) is 19.0. The lowest BCUT2D eigenvalue weighted by Crippen LogP contribution is -2.30. The number of nitrogens with zero attached hydrogens (tertiary/aromatic N) is 1. The van der Waals surface area contributed by atoms with E-state index in [9.17, 15) is 8.42 Å². The van der Waals surface area contributed by atoms with E-state index in [4.69, 9.17) is 0 Å². The summed E-state index contributed by atoms with van der Waals surface area (Å²) < 4.78 is 27.2. The second-order valence-electron chi connectivity index (χ2n) is 6.57. The molecule has 118 valence electrons. The van der Waals surface area contributed by atoms with Crippen LogP contribution in [0.15, 0.2) is 23.1 Å². The van der Waals surface area contributed by atoms with Crippen LogP contribution in [-0.4, -0.2) is 32.9 Å². The first-order chi connectivity index (χ1) is 9.80. The number of aryl methyl sites for hydroxylation is 1. The first-order valence-corrected chi connectivity index (χ1v) is 9.01. The zero-order chi connectivity index (χ0) is 15.7. The molecule has 0 atom stereocenters. The van der Waals surface area contributed by atoms with Gasteiger partial charge < -0.3 is 5.32 Å². The zero-order valence-electron chi connectivity index (χ0n) is 13.4. The van der Waals surface area contributed by atoms with Gasteiger partial charge in [-0.05, 0) is 48.6 Å². The quantitative estimate of drug-likeness (QED) is 0.908. The lowest BCUT2D eigenvalue weighted by atomic mass is 9.93. The maximum absolute atomic E-state index is 12.8. The van der Waals surface area contributed by atoms with Crippen molar-refractivity contribution < 1.29 is 8.42 Å². The van der Waals surface area contributed by atoms with E-state index in [0.29, 0.717) is 24.5 Å². The Morgan fingerprint density at radius 1 is 1.29 bits per heavy atom. The highest BCUT2D eigenvalue weighted by molar-refractivity contribution is 7.89. The van der Waals surface area contributed by atoms with Gasteiger partial charge in [0.25, 0.3) is 0 Å². The van der Waals surface area contributed by atoms with Gasteiger partial charge in [0, 0.05) is 19.6 Å². The molecular formula is C16H26N2O2S. The van der Waals surface area contributed by atoms with Gasteiger partial charge in [-0.1, -0.05) is 26.8 Å².